The van der Waals surface area contributed by atoms with Crippen molar-refractivity contribution in [3.63, 3.8) is 0 Å². The average molecular weight is 431 g/mol. The van der Waals surface area contributed by atoms with Crippen LogP contribution in [-0.2, 0) is 17.9 Å². The second kappa shape index (κ2) is 9.92. The number of hydrogen-bond donors (Lipinski definition) is 1. The van der Waals surface area contributed by atoms with E-state index in [1.54, 1.807) is 13.2 Å². The first-order valence-corrected chi connectivity index (χ1v) is 10.3. The second-order valence-electron chi connectivity index (χ2n) is 7.36. The van der Waals surface area contributed by atoms with Crippen molar-refractivity contribution in [2.24, 2.45) is 0 Å². The molecule has 0 unspecified atom stereocenters. The largest absolute Gasteiger partial charge is 0.493 e. The zero-order valence-electron chi connectivity index (χ0n) is 18.1. The van der Waals surface area contributed by atoms with Gasteiger partial charge >= 0.3 is 0 Å². The number of benzene rings is 3. The molecule has 0 aliphatic carbocycles. The van der Waals surface area contributed by atoms with Crippen LogP contribution in [0.15, 0.2) is 66.7 Å². The van der Waals surface area contributed by atoms with E-state index in [9.17, 15) is 4.79 Å². The number of rotatable bonds is 8. The van der Waals surface area contributed by atoms with Gasteiger partial charge in [0.25, 0.3) is 0 Å². The van der Waals surface area contributed by atoms with E-state index in [2.05, 4.69) is 18.3 Å². The number of carbonyl (C=O) groups excluding carboxylic acids is 1. The van der Waals surface area contributed by atoms with Crippen LogP contribution in [0.1, 0.15) is 22.3 Å². The van der Waals surface area contributed by atoms with Gasteiger partial charge in [0.05, 0.1) is 7.11 Å². The Bertz CT molecular complexity index is 1140. The maximum Gasteiger partial charge on any atom is 0.244 e. The Morgan fingerprint density at radius 2 is 1.88 bits per heavy atom. The molecule has 6 heteroatoms. The van der Waals surface area contributed by atoms with Gasteiger partial charge in [0.15, 0.2) is 23.0 Å². The van der Waals surface area contributed by atoms with Crippen molar-refractivity contribution in [1.82, 2.24) is 5.32 Å². The lowest BCUT2D eigenvalue weighted by Crippen LogP contribution is -2.20. The molecule has 0 saturated carbocycles. The van der Waals surface area contributed by atoms with Gasteiger partial charge in [-0.25, -0.2) is 0 Å². The first-order chi connectivity index (χ1) is 15.6. The van der Waals surface area contributed by atoms with Crippen molar-refractivity contribution >= 4 is 12.0 Å². The maximum atomic E-state index is 12.2. The molecule has 0 aromatic heterocycles. The van der Waals surface area contributed by atoms with E-state index in [-0.39, 0.29) is 12.7 Å². The van der Waals surface area contributed by atoms with Crippen molar-refractivity contribution in [3.8, 4) is 23.0 Å². The molecule has 0 fully saturated rings. The normalized spacial score (nSPS) is 12.1. The van der Waals surface area contributed by atoms with Crippen molar-refractivity contribution < 1.29 is 23.7 Å². The lowest BCUT2D eigenvalue weighted by atomic mass is 10.1. The van der Waals surface area contributed by atoms with Crippen molar-refractivity contribution in [3.05, 3.63) is 89.0 Å². The van der Waals surface area contributed by atoms with Crippen molar-refractivity contribution in [2.45, 2.75) is 20.1 Å². The van der Waals surface area contributed by atoms with Gasteiger partial charge in [0.2, 0.25) is 12.7 Å². The Hall–Kier alpha value is -3.93. The van der Waals surface area contributed by atoms with Gasteiger partial charge in [-0.15, -0.1) is 0 Å². The number of carbonyl (C=O) groups is 1. The standard InChI is InChI=1S/C26H25NO5/c1-18-5-3-4-6-21(18)16-30-22-10-7-19(13-24(22)29-2)9-12-26(28)27-15-20-8-11-23-25(14-20)32-17-31-23/h3-14H,15-17H2,1-2H3,(H,27,28)/b12-9+. The van der Waals surface area contributed by atoms with Crippen LogP contribution in [0.25, 0.3) is 6.08 Å². The lowest BCUT2D eigenvalue weighted by molar-refractivity contribution is -0.116. The third-order valence-electron chi connectivity index (χ3n) is 5.16. The Kier molecular flexibility index (Phi) is 6.60. The Labute approximate surface area is 187 Å². The molecule has 0 spiro atoms. The highest BCUT2D eigenvalue weighted by atomic mass is 16.7. The van der Waals surface area contributed by atoms with Crippen LogP contribution in [0.5, 0.6) is 23.0 Å². The van der Waals surface area contributed by atoms with Gasteiger partial charge in [0.1, 0.15) is 6.61 Å². The first-order valence-electron chi connectivity index (χ1n) is 10.3. The molecule has 0 saturated heterocycles. The SMILES string of the molecule is COc1cc(/C=C/C(=O)NCc2ccc3c(c2)OCO3)ccc1OCc1ccccc1C. The molecule has 1 aliphatic rings. The topological polar surface area (TPSA) is 66.0 Å². The highest BCUT2D eigenvalue weighted by Crippen LogP contribution is 2.32. The number of hydrogen-bond acceptors (Lipinski definition) is 5. The van der Waals surface area contributed by atoms with Crippen LogP contribution in [0.3, 0.4) is 0 Å². The number of fused-ring (bicyclic) bond motifs is 1. The number of nitrogens with one attached hydrogen (secondary N) is 1. The molecule has 32 heavy (non-hydrogen) atoms. The molecule has 0 radical (unpaired) electrons. The van der Waals surface area contributed by atoms with Crippen LogP contribution in [0.2, 0.25) is 0 Å². The number of amides is 1. The number of methoxy groups -OCH3 is 1. The molecule has 6 nitrogen and oxygen atoms in total. The molecule has 1 aliphatic heterocycles. The van der Waals surface area contributed by atoms with Gasteiger partial charge in [0, 0.05) is 12.6 Å². The molecule has 3 aromatic carbocycles. The minimum atomic E-state index is -0.193. The Morgan fingerprint density at radius 1 is 1.03 bits per heavy atom. The van der Waals surface area contributed by atoms with Gasteiger partial charge in [-0.1, -0.05) is 36.4 Å². The molecule has 0 atom stereocenters. The zero-order chi connectivity index (χ0) is 22.3. The molecular weight excluding hydrogens is 406 g/mol. The van der Waals surface area contributed by atoms with Crippen LogP contribution >= 0.6 is 0 Å². The van der Waals surface area contributed by atoms with Crippen LogP contribution < -0.4 is 24.3 Å². The molecular formula is C26H25NO5. The molecule has 164 valence electrons. The quantitative estimate of drug-likeness (QED) is 0.527. The van der Waals surface area contributed by atoms with Crippen molar-refractivity contribution in [1.29, 1.82) is 0 Å². The summed E-state index contributed by atoms with van der Waals surface area (Å²) in [5.41, 5.74) is 4.08. The molecule has 3 aromatic rings. The summed E-state index contributed by atoms with van der Waals surface area (Å²) in [4.78, 5) is 12.2. The average Bonchev–Trinajstić information content (AvgIpc) is 3.29. The summed E-state index contributed by atoms with van der Waals surface area (Å²) in [5, 5.41) is 2.87. The van der Waals surface area contributed by atoms with E-state index in [1.807, 2.05) is 54.6 Å². The van der Waals surface area contributed by atoms with Crippen LogP contribution in [0.4, 0.5) is 0 Å². The minimum absolute atomic E-state index is 0.193. The maximum absolute atomic E-state index is 12.2. The van der Waals surface area contributed by atoms with Crippen molar-refractivity contribution in [2.75, 3.05) is 13.9 Å². The van der Waals surface area contributed by atoms with Gasteiger partial charge in [-0.05, 0) is 59.5 Å². The van der Waals surface area contributed by atoms with E-state index in [1.165, 1.54) is 11.6 Å². The first kappa shape index (κ1) is 21.3. The number of aryl methyl sites for hydroxylation is 1. The number of ether oxygens (including phenoxy) is 4. The van der Waals surface area contributed by atoms with E-state index in [0.29, 0.717) is 30.4 Å². The predicted molar refractivity (Wildman–Crippen MR) is 122 cm³/mol. The van der Waals surface area contributed by atoms with E-state index in [0.717, 1.165) is 22.4 Å². The summed E-state index contributed by atoms with van der Waals surface area (Å²) >= 11 is 0. The Balaban J connectivity index is 1.34. The molecule has 1 amide bonds. The molecule has 4 rings (SSSR count). The van der Waals surface area contributed by atoms with E-state index in [4.69, 9.17) is 18.9 Å². The lowest BCUT2D eigenvalue weighted by Gasteiger charge is -2.12. The zero-order valence-corrected chi connectivity index (χ0v) is 18.1. The fraction of sp³-hybridized carbons (Fsp3) is 0.192. The summed E-state index contributed by atoms with van der Waals surface area (Å²) in [6.07, 6.45) is 3.23. The summed E-state index contributed by atoms with van der Waals surface area (Å²) in [5.74, 6) is 2.49. The summed E-state index contributed by atoms with van der Waals surface area (Å²) in [6.45, 7) is 3.14. The van der Waals surface area contributed by atoms with E-state index >= 15 is 0 Å². The monoisotopic (exact) mass is 431 g/mol. The minimum Gasteiger partial charge on any atom is -0.493 e. The fourth-order valence-electron chi connectivity index (χ4n) is 3.31. The van der Waals surface area contributed by atoms with Gasteiger partial charge in [-0.2, -0.15) is 0 Å². The third-order valence-corrected chi connectivity index (χ3v) is 5.16. The fourth-order valence-corrected chi connectivity index (χ4v) is 3.31. The van der Waals surface area contributed by atoms with Crippen LogP contribution in [-0.4, -0.2) is 19.8 Å². The smallest absolute Gasteiger partial charge is 0.244 e. The summed E-state index contributed by atoms with van der Waals surface area (Å²) in [6, 6.07) is 19.3. The molecule has 1 N–H and O–H groups in total. The van der Waals surface area contributed by atoms with Gasteiger partial charge in [-0.3, -0.25) is 4.79 Å². The highest BCUT2D eigenvalue weighted by molar-refractivity contribution is 5.91. The Morgan fingerprint density at radius 3 is 2.72 bits per heavy atom. The van der Waals surface area contributed by atoms with Crippen LogP contribution in [0, 0.1) is 6.92 Å². The summed E-state index contributed by atoms with van der Waals surface area (Å²) < 4.78 is 22.1. The highest BCUT2D eigenvalue weighted by Gasteiger charge is 2.13. The molecule has 1 heterocycles. The molecule has 0 bridgehead atoms. The summed E-state index contributed by atoms with van der Waals surface area (Å²) in [7, 11) is 1.60. The second-order valence-corrected chi connectivity index (χ2v) is 7.36. The predicted octanol–water partition coefficient (Wildman–Crippen LogP) is 4.64. The van der Waals surface area contributed by atoms with Gasteiger partial charge < -0.3 is 24.3 Å². The third kappa shape index (κ3) is 5.21. The van der Waals surface area contributed by atoms with E-state index < -0.39 is 0 Å².